The minimum atomic E-state index is -4.69. The molecular formula is C11H12F4O. The van der Waals surface area contributed by atoms with Gasteiger partial charge in [-0.1, -0.05) is 19.9 Å². The third-order valence-corrected chi connectivity index (χ3v) is 2.45. The molecule has 0 atom stereocenters. The summed E-state index contributed by atoms with van der Waals surface area (Å²) in [5, 5.41) is 9.02. The third kappa shape index (κ3) is 2.52. The minimum Gasteiger partial charge on any atom is -0.395 e. The minimum absolute atomic E-state index is 0.266. The highest BCUT2D eigenvalue weighted by molar-refractivity contribution is 5.31. The highest BCUT2D eigenvalue weighted by Gasteiger charge is 2.34. The van der Waals surface area contributed by atoms with Crippen LogP contribution in [0.5, 0.6) is 0 Å². The van der Waals surface area contributed by atoms with Gasteiger partial charge in [0.05, 0.1) is 12.2 Å². The first-order chi connectivity index (χ1) is 7.18. The topological polar surface area (TPSA) is 20.2 Å². The maximum absolute atomic E-state index is 13.2. The zero-order chi connectivity index (χ0) is 12.6. The number of halogens is 4. The van der Waals surface area contributed by atoms with Gasteiger partial charge in [0.25, 0.3) is 0 Å². The van der Waals surface area contributed by atoms with E-state index in [2.05, 4.69) is 0 Å². The Kier molecular flexibility index (Phi) is 3.28. The summed E-state index contributed by atoms with van der Waals surface area (Å²) in [6.45, 7) is 2.97. The summed E-state index contributed by atoms with van der Waals surface area (Å²) in [6, 6.07) is 2.70. The van der Waals surface area contributed by atoms with E-state index in [0.717, 1.165) is 6.07 Å². The average Bonchev–Trinajstić information content (AvgIpc) is 2.15. The lowest BCUT2D eigenvalue weighted by molar-refractivity contribution is -0.140. The van der Waals surface area contributed by atoms with Crippen LogP contribution in [-0.2, 0) is 11.6 Å². The highest BCUT2D eigenvalue weighted by Crippen LogP contribution is 2.33. The molecule has 0 aromatic heterocycles. The zero-order valence-corrected chi connectivity index (χ0v) is 8.90. The molecule has 1 rings (SSSR count). The molecule has 0 radical (unpaired) electrons. The summed E-state index contributed by atoms with van der Waals surface area (Å²) in [5.74, 6) is -1.31. The Morgan fingerprint density at radius 3 is 2.12 bits per heavy atom. The fourth-order valence-electron chi connectivity index (χ4n) is 1.26. The number of hydrogen-bond acceptors (Lipinski definition) is 1. The van der Waals surface area contributed by atoms with Crippen LogP contribution in [-0.4, -0.2) is 11.7 Å². The fraction of sp³-hybridized carbons (Fsp3) is 0.455. The molecule has 0 spiro atoms. The SMILES string of the molecule is CC(C)(CO)c1ccc(C(F)(F)F)c(F)c1. The molecule has 0 saturated heterocycles. The van der Waals surface area contributed by atoms with E-state index in [-0.39, 0.29) is 6.61 Å². The molecule has 5 heteroatoms. The first-order valence-electron chi connectivity index (χ1n) is 4.66. The van der Waals surface area contributed by atoms with Gasteiger partial charge < -0.3 is 5.11 Å². The number of benzene rings is 1. The first kappa shape index (κ1) is 13.0. The Morgan fingerprint density at radius 1 is 1.19 bits per heavy atom. The Hall–Kier alpha value is -1.10. The van der Waals surface area contributed by atoms with Crippen molar-refractivity contribution in [2.45, 2.75) is 25.4 Å². The molecule has 0 aliphatic heterocycles. The van der Waals surface area contributed by atoms with Crippen LogP contribution in [0.1, 0.15) is 25.0 Å². The van der Waals surface area contributed by atoms with Crippen LogP contribution in [0.3, 0.4) is 0 Å². The Morgan fingerprint density at radius 2 is 1.75 bits per heavy atom. The van der Waals surface area contributed by atoms with E-state index in [1.165, 1.54) is 6.07 Å². The summed E-state index contributed by atoms with van der Waals surface area (Å²) in [7, 11) is 0. The first-order valence-corrected chi connectivity index (χ1v) is 4.66. The summed E-state index contributed by atoms with van der Waals surface area (Å²) in [4.78, 5) is 0. The second-order valence-corrected chi connectivity index (χ2v) is 4.23. The van der Waals surface area contributed by atoms with Gasteiger partial charge in [0.2, 0.25) is 0 Å². The number of rotatable bonds is 2. The molecular weight excluding hydrogens is 224 g/mol. The van der Waals surface area contributed by atoms with Crippen LogP contribution in [0, 0.1) is 5.82 Å². The van der Waals surface area contributed by atoms with Crippen molar-refractivity contribution < 1.29 is 22.7 Å². The van der Waals surface area contributed by atoms with E-state index >= 15 is 0 Å². The van der Waals surface area contributed by atoms with Crippen molar-refractivity contribution in [2.75, 3.05) is 6.61 Å². The Labute approximate surface area is 90.7 Å². The van der Waals surface area contributed by atoms with Crippen LogP contribution in [0.25, 0.3) is 0 Å². The second kappa shape index (κ2) is 4.05. The molecule has 0 bridgehead atoms. The van der Waals surface area contributed by atoms with E-state index in [1.54, 1.807) is 13.8 Å². The molecule has 1 N–H and O–H groups in total. The van der Waals surface area contributed by atoms with Gasteiger partial charge in [-0.25, -0.2) is 4.39 Å². The van der Waals surface area contributed by atoms with Gasteiger partial charge >= 0.3 is 6.18 Å². The molecule has 0 fully saturated rings. The van der Waals surface area contributed by atoms with Crippen LogP contribution < -0.4 is 0 Å². The second-order valence-electron chi connectivity index (χ2n) is 4.23. The van der Waals surface area contributed by atoms with Gasteiger partial charge in [0.15, 0.2) is 0 Å². The number of aliphatic hydroxyl groups is 1. The molecule has 16 heavy (non-hydrogen) atoms. The van der Waals surface area contributed by atoms with Gasteiger partial charge in [-0.2, -0.15) is 13.2 Å². The maximum atomic E-state index is 13.2. The van der Waals surface area contributed by atoms with E-state index in [9.17, 15) is 17.6 Å². The van der Waals surface area contributed by atoms with Crippen LogP contribution in [0.15, 0.2) is 18.2 Å². The van der Waals surface area contributed by atoms with Crippen molar-refractivity contribution in [3.63, 3.8) is 0 Å². The van der Waals surface area contributed by atoms with E-state index in [4.69, 9.17) is 5.11 Å². The number of alkyl halides is 3. The van der Waals surface area contributed by atoms with Crippen molar-refractivity contribution in [1.29, 1.82) is 0 Å². The lowest BCUT2D eigenvalue weighted by Gasteiger charge is -2.23. The van der Waals surface area contributed by atoms with Gasteiger partial charge in [0, 0.05) is 5.41 Å². The summed E-state index contributed by atoms with van der Waals surface area (Å²) >= 11 is 0. The van der Waals surface area contributed by atoms with Gasteiger partial charge in [-0.3, -0.25) is 0 Å². The zero-order valence-electron chi connectivity index (χ0n) is 8.90. The summed E-state index contributed by atoms with van der Waals surface area (Å²) in [6.07, 6.45) is -4.69. The molecule has 0 unspecified atom stereocenters. The van der Waals surface area contributed by atoms with Crippen molar-refractivity contribution in [3.8, 4) is 0 Å². The summed E-state index contributed by atoms with van der Waals surface area (Å²) < 4.78 is 50.0. The van der Waals surface area contributed by atoms with Gasteiger partial charge in [-0.05, 0) is 17.7 Å². The Bertz CT molecular complexity index is 382. The Balaban J connectivity index is 3.20. The standard InChI is InChI=1S/C11H12F4O/c1-10(2,6-16)7-3-4-8(9(12)5-7)11(13,14)15/h3-5,16H,6H2,1-2H3. The normalized spacial score (nSPS) is 12.9. The molecule has 0 amide bonds. The smallest absolute Gasteiger partial charge is 0.395 e. The third-order valence-electron chi connectivity index (χ3n) is 2.45. The van der Waals surface area contributed by atoms with Crippen LogP contribution >= 0.6 is 0 Å². The lowest BCUT2D eigenvalue weighted by atomic mass is 9.85. The van der Waals surface area contributed by atoms with E-state index in [0.29, 0.717) is 11.6 Å². The van der Waals surface area contributed by atoms with Gasteiger partial charge in [-0.15, -0.1) is 0 Å². The van der Waals surface area contributed by atoms with Crippen molar-refractivity contribution >= 4 is 0 Å². The number of aliphatic hydroxyl groups excluding tert-OH is 1. The molecule has 90 valence electrons. The highest BCUT2D eigenvalue weighted by atomic mass is 19.4. The summed E-state index contributed by atoms with van der Waals surface area (Å²) in [5.41, 5.74) is -1.71. The van der Waals surface area contributed by atoms with Crippen molar-refractivity contribution in [2.24, 2.45) is 0 Å². The van der Waals surface area contributed by atoms with Crippen molar-refractivity contribution in [1.82, 2.24) is 0 Å². The van der Waals surface area contributed by atoms with Gasteiger partial charge in [0.1, 0.15) is 5.82 Å². The molecule has 1 aromatic rings. The maximum Gasteiger partial charge on any atom is 0.419 e. The van der Waals surface area contributed by atoms with E-state index in [1.807, 2.05) is 0 Å². The molecule has 0 heterocycles. The lowest BCUT2D eigenvalue weighted by Crippen LogP contribution is -2.22. The quantitative estimate of drug-likeness (QED) is 0.782. The predicted molar refractivity (Wildman–Crippen MR) is 51.5 cm³/mol. The molecule has 1 nitrogen and oxygen atoms in total. The van der Waals surface area contributed by atoms with Crippen LogP contribution in [0.4, 0.5) is 17.6 Å². The molecule has 1 aromatic carbocycles. The monoisotopic (exact) mass is 236 g/mol. The fourth-order valence-corrected chi connectivity index (χ4v) is 1.26. The average molecular weight is 236 g/mol. The molecule has 0 aliphatic carbocycles. The van der Waals surface area contributed by atoms with E-state index < -0.39 is 23.0 Å². The van der Waals surface area contributed by atoms with Crippen LogP contribution in [0.2, 0.25) is 0 Å². The number of hydrogen-bond donors (Lipinski definition) is 1. The predicted octanol–water partition coefficient (Wildman–Crippen LogP) is 3.11. The van der Waals surface area contributed by atoms with Crippen molar-refractivity contribution in [3.05, 3.63) is 35.1 Å². The molecule has 0 aliphatic rings. The largest absolute Gasteiger partial charge is 0.419 e. The molecule has 0 saturated carbocycles.